The van der Waals surface area contributed by atoms with E-state index in [4.69, 9.17) is 5.11 Å². The second-order valence-corrected chi connectivity index (χ2v) is 6.44. The van der Waals surface area contributed by atoms with Gasteiger partial charge in [0.2, 0.25) is 10.0 Å². The van der Waals surface area contributed by atoms with Crippen molar-refractivity contribution < 1.29 is 18.3 Å². The van der Waals surface area contributed by atoms with E-state index in [0.717, 1.165) is 9.87 Å². The van der Waals surface area contributed by atoms with E-state index >= 15 is 0 Å². The van der Waals surface area contributed by atoms with Gasteiger partial charge in [0.25, 0.3) is 0 Å². The zero-order valence-electron chi connectivity index (χ0n) is 11.2. The average molecular weight is 285 g/mol. The summed E-state index contributed by atoms with van der Waals surface area (Å²) >= 11 is 0. The molecule has 0 amide bonds. The molecule has 1 aromatic carbocycles. The van der Waals surface area contributed by atoms with Crippen molar-refractivity contribution in [3.05, 3.63) is 35.4 Å². The molecule has 106 valence electrons. The average Bonchev–Trinajstić information content (AvgIpc) is 2.31. The van der Waals surface area contributed by atoms with Gasteiger partial charge in [0.15, 0.2) is 0 Å². The fourth-order valence-electron chi connectivity index (χ4n) is 1.70. The van der Waals surface area contributed by atoms with Crippen molar-refractivity contribution in [2.45, 2.75) is 26.0 Å². The highest BCUT2D eigenvalue weighted by atomic mass is 32.2. The van der Waals surface area contributed by atoms with Crippen LogP contribution >= 0.6 is 0 Å². The number of benzene rings is 1. The molecule has 0 saturated carbocycles. The fraction of sp³-hybridized carbons (Fsp3) is 0.462. The Labute approximate surface area is 113 Å². The van der Waals surface area contributed by atoms with Crippen molar-refractivity contribution in [2.24, 2.45) is 0 Å². The quantitative estimate of drug-likeness (QED) is 0.826. The van der Waals surface area contributed by atoms with Crippen LogP contribution in [0.15, 0.2) is 24.3 Å². The summed E-state index contributed by atoms with van der Waals surface area (Å²) in [6, 6.07) is 7.17. The van der Waals surface area contributed by atoms with Crippen LogP contribution in [-0.2, 0) is 20.6 Å². The SMILES string of the molecule is CCCN(CC(=O)O)S(=O)(=O)Cc1ccc(C)cc1. The summed E-state index contributed by atoms with van der Waals surface area (Å²) in [6.45, 7) is 3.48. The van der Waals surface area contributed by atoms with Gasteiger partial charge in [0.1, 0.15) is 6.54 Å². The van der Waals surface area contributed by atoms with Gasteiger partial charge in [-0.2, -0.15) is 4.31 Å². The van der Waals surface area contributed by atoms with Crippen LogP contribution in [0, 0.1) is 6.92 Å². The maximum Gasteiger partial charge on any atom is 0.318 e. The van der Waals surface area contributed by atoms with E-state index in [0.29, 0.717) is 12.0 Å². The first-order valence-corrected chi connectivity index (χ1v) is 7.71. The lowest BCUT2D eigenvalue weighted by Crippen LogP contribution is -2.37. The summed E-state index contributed by atoms with van der Waals surface area (Å²) in [5.74, 6) is -1.30. The monoisotopic (exact) mass is 285 g/mol. The van der Waals surface area contributed by atoms with E-state index < -0.39 is 22.5 Å². The van der Waals surface area contributed by atoms with Gasteiger partial charge < -0.3 is 5.11 Å². The van der Waals surface area contributed by atoms with Crippen molar-refractivity contribution in [3.63, 3.8) is 0 Å². The Hall–Kier alpha value is -1.40. The van der Waals surface area contributed by atoms with Gasteiger partial charge in [0.05, 0.1) is 5.75 Å². The third-order valence-electron chi connectivity index (χ3n) is 2.65. The summed E-state index contributed by atoms with van der Waals surface area (Å²) in [7, 11) is -3.59. The summed E-state index contributed by atoms with van der Waals surface area (Å²) in [5.41, 5.74) is 1.72. The molecular formula is C13H19NO4S. The topological polar surface area (TPSA) is 74.7 Å². The van der Waals surface area contributed by atoms with Crippen LogP contribution < -0.4 is 0 Å². The normalized spacial score (nSPS) is 11.7. The number of hydrogen-bond donors (Lipinski definition) is 1. The molecule has 0 spiro atoms. The molecule has 0 fully saturated rings. The maximum absolute atomic E-state index is 12.2. The standard InChI is InChI=1S/C13H19NO4S/c1-3-8-14(9-13(15)16)19(17,18)10-12-6-4-11(2)5-7-12/h4-7H,3,8-10H2,1-2H3,(H,15,16). The Kier molecular flexibility index (Phi) is 5.50. The number of aryl methyl sites for hydroxylation is 1. The van der Waals surface area contributed by atoms with Crippen molar-refractivity contribution in [3.8, 4) is 0 Å². The zero-order chi connectivity index (χ0) is 14.5. The fourth-order valence-corrected chi connectivity index (χ4v) is 3.27. The Morgan fingerprint density at radius 3 is 2.32 bits per heavy atom. The maximum atomic E-state index is 12.2. The summed E-state index contributed by atoms with van der Waals surface area (Å²) in [4.78, 5) is 10.7. The molecule has 0 unspecified atom stereocenters. The van der Waals surface area contributed by atoms with Crippen LogP contribution in [0.3, 0.4) is 0 Å². The first-order valence-electron chi connectivity index (χ1n) is 6.10. The lowest BCUT2D eigenvalue weighted by Gasteiger charge is -2.19. The van der Waals surface area contributed by atoms with Crippen LogP contribution in [0.4, 0.5) is 0 Å². The molecule has 5 nitrogen and oxygen atoms in total. The number of carboxylic acid groups (broad SMARTS) is 1. The number of carboxylic acids is 1. The van der Waals surface area contributed by atoms with Gasteiger partial charge in [-0.25, -0.2) is 8.42 Å². The zero-order valence-corrected chi connectivity index (χ0v) is 12.0. The lowest BCUT2D eigenvalue weighted by molar-refractivity contribution is -0.137. The number of aliphatic carboxylic acids is 1. The van der Waals surface area contributed by atoms with Gasteiger partial charge in [0, 0.05) is 6.54 Å². The first kappa shape index (κ1) is 15.7. The minimum atomic E-state index is -3.59. The van der Waals surface area contributed by atoms with Crippen LogP contribution in [-0.4, -0.2) is 36.9 Å². The van der Waals surface area contributed by atoms with E-state index in [1.54, 1.807) is 12.1 Å². The molecule has 0 aromatic heterocycles. The van der Waals surface area contributed by atoms with Crippen LogP contribution in [0.25, 0.3) is 0 Å². The number of hydrogen-bond acceptors (Lipinski definition) is 3. The van der Waals surface area contributed by atoms with Gasteiger partial charge in [-0.3, -0.25) is 4.79 Å². The molecule has 1 N–H and O–H groups in total. The minimum Gasteiger partial charge on any atom is -0.480 e. The van der Waals surface area contributed by atoms with Crippen molar-refractivity contribution in [2.75, 3.05) is 13.1 Å². The van der Waals surface area contributed by atoms with E-state index in [1.165, 1.54) is 0 Å². The second kappa shape index (κ2) is 6.68. The molecule has 0 saturated heterocycles. The summed E-state index contributed by atoms with van der Waals surface area (Å²) in [6.07, 6.45) is 0.584. The molecule has 0 bridgehead atoms. The Balaban J connectivity index is 2.87. The van der Waals surface area contributed by atoms with Crippen molar-refractivity contribution in [1.82, 2.24) is 4.31 Å². The number of rotatable bonds is 7. The predicted octanol–water partition coefficient (Wildman–Crippen LogP) is 1.62. The van der Waals surface area contributed by atoms with E-state index in [2.05, 4.69) is 0 Å². The summed E-state index contributed by atoms with van der Waals surface area (Å²) in [5, 5.41) is 8.77. The largest absolute Gasteiger partial charge is 0.480 e. The second-order valence-electron chi connectivity index (χ2n) is 4.47. The molecule has 0 heterocycles. The molecule has 6 heteroatoms. The third kappa shape index (κ3) is 5.00. The highest BCUT2D eigenvalue weighted by molar-refractivity contribution is 7.88. The van der Waals surface area contributed by atoms with Crippen molar-refractivity contribution in [1.29, 1.82) is 0 Å². The van der Waals surface area contributed by atoms with Gasteiger partial charge >= 0.3 is 5.97 Å². The Morgan fingerprint density at radius 1 is 1.26 bits per heavy atom. The van der Waals surface area contributed by atoms with E-state index in [9.17, 15) is 13.2 Å². The number of nitrogens with zero attached hydrogens (tertiary/aromatic N) is 1. The highest BCUT2D eigenvalue weighted by Crippen LogP contribution is 2.12. The molecule has 19 heavy (non-hydrogen) atoms. The molecule has 0 atom stereocenters. The number of sulfonamides is 1. The molecule has 0 aliphatic heterocycles. The lowest BCUT2D eigenvalue weighted by atomic mass is 10.2. The van der Waals surface area contributed by atoms with Crippen LogP contribution in [0.2, 0.25) is 0 Å². The van der Waals surface area contributed by atoms with Crippen LogP contribution in [0.5, 0.6) is 0 Å². The molecule has 1 aromatic rings. The first-order chi connectivity index (χ1) is 8.85. The molecular weight excluding hydrogens is 266 g/mol. The molecule has 0 aliphatic carbocycles. The van der Waals surface area contributed by atoms with Gasteiger partial charge in [-0.15, -0.1) is 0 Å². The predicted molar refractivity (Wildman–Crippen MR) is 73.3 cm³/mol. The van der Waals surface area contributed by atoms with Gasteiger partial charge in [-0.05, 0) is 18.9 Å². The Bertz CT molecular complexity index is 522. The minimum absolute atomic E-state index is 0.166. The van der Waals surface area contributed by atoms with Gasteiger partial charge in [-0.1, -0.05) is 36.8 Å². The summed E-state index contributed by atoms with van der Waals surface area (Å²) < 4.78 is 25.4. The Morgan fingerprint density at radius 2 is 1.84 bits per heavy atom. The third-order valence-corrected chi connectivity index (χ3v) is 4.44. The van der Waals surface area contributed by atoms with Crippen LogP contribution in [0.1, 0.15) is 24.5 Å². The molecule has 1 rings (SSSR count). The highest BCUT2D eigenvalue weighted by Gasteiger charge is 2.23. The smallest absolute Gasteiger partial charge is 0.318 e. The van der Waals surface area contributed by atoms with E-state index in [1.807, 2.05) is 26.0 Å². The molecule has 0 radical (unpaired) electrons. The van der Waals surface area contributed by atoms with Crippen molar-refractivity contribution >= 4 is 16.0 Å². The number of carbonyl (C=O) groups is 1. The molecule has 0 aliphatic rings. The van der Waals surface area contributed by atoms with E-state index in [-0.39, 0.29) is 12.3 Å².